The number of hydrogen-bond donors (Lipinski definition) is 1. The summed E-state index contributed by atoms with van der Waals surface area (Å²) in [6, 6.07) is -0.211. The van der Waals surface area contributed by atoms with E-state index in [1.165, 1.54) is 0 Å². The minimum atomic E-state index is -0.211. The molecule has 17 heavy (non-hydrogen) atoms. The van der Waals surface area contributed by atoms with Crippen molar-refractivity contribution in [1.29, 1.82) is 0 Å². The van der Waals surface area contributed by atoms with Crippen LogP contribution in [0.3, 0.4) is 0 Å². The summed E-state index contributed by atoms with van der Waals surface area (Å²) in [5.41, 5.74) is 0. The molecule has 0 bridgehead atoms. The zero-order valence-electron chi connectivity index (χ0n) is 12.0. The first-order valence-electron chi connectivity index (χ1n) is 6.59. The molecular formula is C13H28N2O2. The van der Waals surface area contributed by atoms with Gasteiger partial charge in [-0.2, -0.15) is 0 Å². The predicted molar refractivity (Wildman–Crippen MR) is 71.0 cm³/mol. The molecule has 0 heterocycles. The number of hydrogen-bond acceptors (Lipinski definition) is 4. The van der Waals surface area contributed by atoms with Crippen molar-refractivity contribution < 1.29 is 9.53 Å². The molecule has 4 nitrogen and oxygen atoms in total. The van der Waals surface area contributed by atoms with Gasteiger partial charge in [0.1, 0.15) is 6.04 Å². The second kappa shape index (κ2) is 9.42. The van der Waals surface area contributed by atoms with E-state index in [0.29, 0.717) is 19.1 Å². The molecule has 0 aromatic rings. The van der Waals surface area contributed by atoms with Crippen molar-refractivity contribution in [2.24, 2.45) is 5.92 Å². The van der Waals surface area contributed by atoms with E-state index in [9.17, 15) is 4.79 Å². The van der Waals surface area contributed by atoms with E-state index in [1.54, 1.807) is 0 Å². The Morgan fingerprint density at radius 1 is 1.35 bits per heavy atom. The van der Waals surface area contributed by atoms with Crippen molar-refractivity contribution in [2.75, 3.05) is 33.3 Å². The zero-order chi connectivity index (χ0) is 13.3. The zero-order valence-corrected chi connectivity index (χ0v) is 12.0. The molecule has 1 atom stereocenters. The molecule has 1 N–H and O–H groups in total. The van der Waals surface area contributed by atoms with Crippen LogP contribution in [-0.2, 0) is 9.53 Å². The van der Waals surface area contributed by atoms with Gasteiger partial charge in [0.2, 0.25) is 0 Å². The lowest BCUT2D eigenvalue weighted by atomic mass is 10.1. The SMILES string of the molecule is CCNC(CN(C)CCC(C)C)C(=O)OCC. The Bertz CT molecular complexity index is 208. The van der Waals surface area contributed by atoms with Crippen LogP contribution in [0.2, 0.25) is 0 Å². The van der Waals surface area contributed by atoms with Gasteiger partial charge in [-0.1, -0.05) is 20.8 Å². The van der Waals surface area contributed by atoms with Crippen LogP contribution in [0.4, 0.5) is 0 Å². The van der Waals surface area contributed by atoms with Crippen LogP contribution in [0, 0.1) is 5.92 Å². The van der Waals surface area contributed by atoms with Gasteiger partial charge in [0.25, 0.3) is 0 Å². The highest BCUT2D eigenvalue weighted by Crippen LogP contribution is 2.02. The van der Waals surface area contributed by atoms with Crippen LogP contribution in [0.15, 0.2) is 0 Å². The second-order valence-electron chi connectivity index (χ2n) is 4.81. The van der Waals surface area contributed by atoms with Gasteiger partial charge in [-0.25, -0.2) is 0 Å². The number of carbonyl (C=O) groups excluding carboxylic acids is 1. The lowest BCUT2D eigenvalue weighted by Gasteiger charge is -2.23. The maximum atomic E-state index is 11.7. The van der Waals surface area contributed by atoms with Crippen LogP contribution in [-0.4, -0.2) is 50.2 Å². The van der Waals surface area contributed by atoms with Crippen molar-refractivity contribution in [1.82, 2.24) is 10.2 Å². The van der Waals surface area contributed by atoms with E-state index >= 15 is 0 Å². The van der Waals surface area contributed by atoms with Gasteiger partial charge >= 0.3 is 5.97 Å². The predicted octanol–water partition coefficient (Wildman–Crippen LogP) is 1.51. The standard InChI is InChI=1S/C13H28N2O2/c1-6-14-12(13(16)17-7-2)10-15(5)9-8-11(3)4/h11-12,14H,6-10H2,1-5H3. The van der Waals surface area contributed by atoms with Crippen LogP contribution >= 0.6 is 0 Å². The van der Waals surface area contributed by atoms with E-state index in [2.05, 4.69) is 24.1 Å². The fourth-order valence-corrected chi connectivity index (χ4v) is 1.59. The summed E-state index contributed by atoms with van der Waals surface area (Å²) in [5, 5.41) is 3.17. The molecule has 0 amide bonds. The molecule has 0 radical (unpaired) electrons. The summed E-state index contributed by atoms with van der Waals surface area (Å²) in [6.45, 7) is 11.2. The van der Waals surface area contributed by atoms with Crippen molar-refractivity contribution in [3.63, 3.8) is 0 Å². The fourth-order valence-electron chi connectivity index (χ4n) is 1.59. The van der Waals surface area contributed by atoms with Crippen LogP contribution in [0.25, 0.3) is 0 Å². The number of nitrogens with one attached hydrogen (secondary N) is 1. The summed E-state index contributed by atoms with van der Waals surface area (Å²) >= 11 is 0. The minimum Gasteiger partial charge on any atom is -0.465 e. The largest absolute Gasteiger partial charge is 0.465 e. The van der Waals surface area contributed by atoms with Crippen molar-refractivity contribution >= 4 is 5.97 Å². The molecule has 102 valence electrons. The molecule has 0 aliphatic heterocycles. The number of rotatable bonds is 9. The molecule has 0 saturated heterocycles. The Hall–Kier alpha value is -0.610. The number of esters is 1. The molecule has 4 heteroatoms. The molecule has 0 aliphatic carbocycles. The number of carbonyl (C=O) groups is 1. The minimum absolute atomic E-state index is 0.147. The molecule has 0 fully saturated rings. The normalized spacial score (nSPS) is 13.1. The highest BCUT2D eigenvalue weighted by atomic mass is 16.5. The first kappa shape index (κ1) is 16.4. The van der Waals surface area contributed by atoms with Crippen molar-refractivity contribution in [2.45, 2.75) is 40.2 Å². The molecule has 1 unspecified atom stereocenters. The molecule has 0 rings (SSSR count). The summed E-state index contributed by atoms with van der Waals surface area (Å²) in [4.78, 5) is 13.9. The van der Waals surface area contributed by atoms with Gasteiger partial charge in [0, 0.05) is 6.54 Å². The number of ether oxygens (including phenoxy) is 1. The lowest BCUT2D eigenvalue weighted by molar-refractivity contribution is -0.146. The van der Waals surface area contributed by atoms with Gasteiger partial charge in [-0.05, 0) is 39.4 Å². The summed E-state index contributed by atoms with van der Waals surface area (Å²) in [7, 11) is 2.05. The Kier molecular flexibility index (Phi) is 9.09. The third-order valence-electron chi connectivity index (χ3n) is 2.60. The average Bonchev–Trinajstić information content (AvgIpc) is 2.26. The Labute approximate surface area is 106 Å². The van der Waals surface area contributed by atoms with Crippen molar-refractivity contribution in [3.05, 3.63) is 0 Å². The Morgan fingerprint density at radius 2 is 2.00 bits per heavy atom. The van der Waals surface area contributed by atoms with E-state index in [4.69, 9.17) is 4.74 Å². The quantitative estimate of drug-likeness (QED) is 0.624. The topological polar surface area (TPSA) is 41.6 Å². The highest BCUT2D eigenvalue weighted by Gasteiger charge is 2.20. The summed E-state index contributed by atoms with van der Waals surface area (Å²) in [6.07, 6.45) is 1.15. The van der Waals surface area contributed by atoms with Crippen molar-refractivity contribution in [3.8, 4) is 0 Å². The molecule has 0 aromatic heterocycles. The van der Waals surface area contributed by atoms with Crippen LogP contribution in [0.5, 0.6) is 0 Å². The summed E-state index contributed by atoms with van der Waals surface area (Å²) < 4.78 is 5.05. The van der Waals surface area contributed by atoms with Gasteiger partial charge in [0.05, 0.1) is 6.61 Å². The molecule has 0 aliphatic rings. The number of nitrogens with zero attached hydrogens (tertiary/aromatic N) is 1. The van der Waals surface area contributed by atoms with Crippen LogP contribution < -0.4 is 5.32 Å². The highest BCUT2D eigenvalue weighted by molar-refractivity contribution is 5.76. The molecule has 0 spiro atoms. The fraction of sp³-hybridized carbons (Fsp3) is 0.923. The van der Waals surface area contributed by atoms with E-state index in [0.717, 1.165) is 19.5 Å². The second-order valence-corrected chi connectivity index (χ2v) is 4.81. The monoisotopic (exact) mass is 244 g/mol. The lowest BCUT2D eigenvalue weighted by Crippen LogP contribution is -2.46. The molecular weight excluding hydrogens is 216 g/mol. The number of likely N-dealkylation sites (N-methyl/N-ethyl adjacent to an activating group) is 2. The maximum Gasteiger partial charge on any atom is 0.324 e. The maximum absolute atomic E-state index is 11.7. The van der Waals surface area contributed by atoms with E-state index < -0.39 is 0 Å². The first-order chi connectivity index (χ1) is 8.01. The van der Waals surface area contributed by atoms with E-state index in [1.807, 2.05) is 20.9 Å². The van der Waals surface area contributed by atoms with E-state index in [-0.39, 0.29) is 12.0 Å². The van der Waals surface area contributed by atoms with Gasteiger partial charge in [0.15, 0.2) is 0 Å². The van der Waals surface area contributed by atoms with Crippen LogP contribution in [0.1, 0.15) is 34.1 Å². The summed E-state index contributed by atoms with van der Waals surface area (Å²) in [5.74, 6) is 0.545. The van der Waals surface area contributed by atoms with Gasteiger partial charge < -0.3 is 15.0 Å². The first-order valence-corrected chi connectivity index (χ1v) is 6.59. The van der Waals surface area contributed by atoms with Gasteiger partial charge in [-0.3, -0.25) is 4.79 Å². The third-order valence-corrected chi connectivity index (χ3v) is 2.60. The average molecular weight is 244 g/mol. The third kappa shape index (κ3) is 8.16. The Morgan fingerprint density at radius 3 is 2.47 bits per heavy atom. The Balaban J connectivity index is 4.09. The smallest absolute Gasteiger partial charge is 0.324 e. The molecule has 0 aromatic carbocycles. The molecule has 0 saturated carbocycles. The van der Waals surface area contributed by atoms with Gasteiger partial charge in [-0.15, -0.1) is 0 Å².